The average Bonchev–Trinajstić information content (AvgIpc) is 2.22. The number of carbonyl (C=O) groups is 1. The lowest BCUT2D eigenvalue weighted by Crippen LogP contribution is -2.48. The van der Waals surface area contributed by atoms with Gasteiger partial charge in [-0.1, -0.05) is 26.0 Å². The Morgan fingerprint density at radius 1 is 1.33 bits per heavy atom. The van der Waals surface area contributed by atoms with Crippen molar-refractivity contribution in [2.75, 3.05) is 12.3 Å². The van der Waals surface area contributed by atoms with Gasteiger partial charge in [0, 0.05) is 11.3 Å². The zero-order chi connectivity index (χ0) is 12.3. The van der Waals surface area contributed by atoms with Gasteiger partial charge in [0.1, 0.15) is 0 Å². The maximum Gasteiger partial charge on any atom is 0.161 e. The highest BCUT2D eigenvalue weighted by atomic mass is 16.1. The summed E-state index contributed by atoms with van der Waals surface area (Å²) in [6.45, 7) is 8.52. The van der Waals surface area contributed by atoms with Crippen molar-refractivity contribution in [3.05, 3.63) is 29.8 Å². The molecule has 0 aliphatic heterocycles. The molecule has 1 aromatic rings. The third kappa shape index (κ3) is 7.70. The van der Waals surface area contributed by atoms with Crippen molar-refractivity contribution in [2.24, 2.45) is 0 Å². The van der Waals surface area contributed by atoms with Gasteiger partial charge in [-0.3, -0.25) is 4.79 Å². The molecule has 0 unspecified atom stereocenters. The zero-order valence-corrected chi connectivity index (χ0v) is 10.2. The number of hydrogen-bond acceptors (Lipinski definition) is 2. The number of benzene rings is 1. The Balaban J connectivity index is 0. The molecule has 1 aromatic carbocycles. The Kier molecular flexibility index (Phi) is 11.5. The Labute approximate surface area is 92.5 Å². The van der Waals surface area contributed by atoms with E-state index in [4.69, 9.17) is 5.73 Å². The van der Waals surface area contributed by atoms with Gasteiger partial charge in [0.25, 0.3) is 0 Å². The number of hydrogen-bond donors (Lipinski definition) is 2. The van der Waals surface area contributed by atoms with E-state index in [0.29, 0.717) is 11.3 Å². The van der Waals surface area contributed by atoms with Gasteiger partial charge in [-0.2, -0.15) is 0 Å². The Morgan fingerprint density at radius 2 is 1.73 bits per heavy atom. The van der Waals surface area contributed by atoms with Gasteiger partial charge >= 0.3 is 0 Å². The summed E-state index contributed by atoms with van der Waals surface area (Å²) in [7, 11) is 0. The molecule has 3 nitrogen and oxygen atoms in total. The molecule has 0 bridgehead atoms. The summed E-state index contributed by atoms with van der Waals surface area (Å²) in [5.41, 5.74) is 10.1. The fourth-order valence-corrected chi connectivity index (χ4v) is 0.818. The predicted molar refractivity (Wildman–Crippen MR) is 65.6 cm³/mol. The van der Waals surface area contributed by atoms with Crippen LogP contribution in [0.3, 0.4) is 0 Å². The highest BCUT2D eigenvalue weighted by Gasteiger charge is 2.00. The number of Topliss-reactive ketones (excluding diaryl/α,β-unsaturated/α-hetero) is 1. The highest BCUT2D eigenvalue weighted by molar-refractivity contribution is 5.98. The summed E-state index contributed by atoms with van der Waals surface area (Å²) >= 11 is 0. The number of rotatable bonds is 1. The van der Waals surface area contributed by atoms with Crippen LogP contribution in [-0.4, -0.2) is 12.3 Å². The maximum absolute atomic E-state index is 10.8. The molecule has 0 fully saturated rings. The van der Waals surface area contributed by atoms with Crippen molar-refractivity contribution >= 4 is 11.5 Å². The van der Waals surface area contributed by atoms with E-state index >= 15 is 0 Å². The normalized spacial score (nSPS) is 7.80. The molecule has 0 aliphatic rings. The minimum Gasteiger partial charge on any atom is -0.398 e. The maximum atomic E-state index is 10.8. The lowest BCUT2D eigenvalue weighted by molar-refractivity contribution is -0.361. The van der Waals surface area contributed by atoms with Crippen molar-refractivity contribution < 1.29 is 10.5 Å². The molecule has 0 spiro atoms. The van der Waals surface area contributed by atoms with Gasteiger partial charge in [0.05, 0.1) is 6.54 Å². The van der Waals surface area contributed by atoms with Crippen molar-refractivity contribution in [3.63, 3.8) is 0 Å². The molecule has 0 amide bonds. The first-order valence-electron chi connectivity index (χ1n) is 5.28. The molecule has 0 aliphatic carbocycles. The monoisotopic (exact) mass is 211 g/mol. The predicted octanol–water partition coefficient (Wildman–Crippen LogP) is 1.75. The molecule has 5 N–H and O–H groups in total. The molecule has 0 radical (unpaired) electrons. The van der Waals surface area contributed by atoms with E-state index in [9.17, 15) is 4.79 Å². The first kappa shape index (κ1) is 16.1. The van der Waals surface area contributed by atoms with Gasteiger partial charge < -0.3 is 11.5 Å². The van der Waals surface area contributed by atoms with E-state index in [-0.39, 0.29) is 5.78 Å². The number of nitrogens with two attached hydrogens (primary N) is 1. The number of ketones is 1. The van der Waals surface area contributed by atoms with E-state index in [1.807, 2.05) is 26.8 Å². The second kappa shape index (κ2) is 10.7. The number of para-hydroxylation sites is 1. The summed E-state index contributed by atoms with van der Waals surface area (Å²) in [5.74, 6) is 0.0121. The zero-order valence-electron chi connectivity index (χ0n) is 10.2. The lowest BCUT2D eigenvalue weighted by atomic mass is 10.1. The van der Waals surface area contributed by atoms with Crippen LogP contribution in [0.1, 0.15) is 38.1 Å². The first-order chi connectivity index (χ1) is 7.13. The standard InChI is InChI=1S/C8H9NO.C2H7N.C2H6/c1-6(10)7-4-2-3-5-8(7)9;1-2-3;1-2/h2-5H,9H2,1H3;2-3H2,1H3;1-2H3/p+1. The van der Waals surface area contributed by atoms with Crippen LogP contribution in [0.5, 0.6) is 0 Å². The molecule has 0 heterocycles. The molecular formula is C12H23N2O+. The van der Waals surface area contributed by atoms with Crippen LogP contribution < -0.4 is 11.5 Å². The van der Waals surface area contributed by atoms with E-state index in [2.05, 4.69) is 5.73 Å². The minimum atomic E-state index is 0.0121. The van der Waals surface area contributed by atoms with E-state index in [1.165, 1.54) is 6.92 Å². The molecule has 86 valence electrons. The van der Waals surface area contributed by atoms with Gasteiger partial charge in [0.15, 0.2) is 5.78 Å². The third-order valence-electron chi connectivity index (χ3n) is 1.34. The van der Waals surface area contributed by atoms with Crippen LogP contribution in [-0.2, 0) is 0 Å². The molecular weight excluding hydrogens is 188 g/mol. The fraction of sp³-hybridized carbons (Fsp3) is 0.417. The van der Waals surface area contributed by atoms with Crippen LogP contribution in [0, 0.1) is 0 Å². The Morgan fingerprint density at radius 3 is 2.00 bits per heavy atom. The van der Waals surface area contributed by atoms with Gasteiger partial charge in [0.2, 0.25) is 0 Å². The molecule has 0 saturated carbocycles. The largest absolute Gasteiger partial charge is 0.398 e. The lowest BCUT2D eigenvalue weighted by Gasteiger charge is -1.97. The van der Waals surface area contributed by atoms with Crippen LogP contribution in [0.2, 0.25) is 0 Å². The molecule has 0 atom stereocenters. The second-order valence-corrected chi connectivity index (χ2v) is 2.64. The summed E-state index contributed by atoms with van der Waals surface area (Å²) in [4.78, 5) is 10.8. The topological polar surface area (TPSA) is 70.7 Å². The van der Waals surface area contributed by atoms with Crippen LogP contribution in [0.15, 0.2) is 24.3 Å². The molecule has 15 heavy (non-hydrogen) atoms. The number of anilines is 1. The van der Waals surface area contributed by atoms with Crippen molar-refractivity contribution in [1.82, 2.24) is 0 Å². The third-order valence-corrected chi connectivity index (χ3v) is 1.34. The number of nitrogen functional groups attached to an aromatic ring is 1. The van der Waals surface area contributed by atoms with Crippen molar-refractivity contribution in [1.29, 1.82) is 0 Å². The summed E-state index contributed by atoms with van der Waals surface area (Å²) in [6.07, 6.45) is 0. The van der Waals surface area contributed by atoms with Crippen molar-refractivity contribution in [2.45, 2.75) is 27.7 Å². The first-order valence-corrected chi connectivity index (χ1v) is 5.28. The molecule has 0 aromatic heterocycles. The van der Waals surface area contributed by atoms with Crippen LogP contribution in [0.4, 0.5) is 5.69 Å². The van der Waals surface area contributed by atoms with E-state index in [0.717, 1.165) is 6.54 Å². The second-order valence-electron chi connectivity index (χ2n) is 2.64. The van der Waals surface area contributed by atoms with E-state index in [1.54, 1.807) is 18.2 Å². The fourth-order valence-electron chi connectivity index (χ4n) is 0.818. The van der Waals surface area contributed by atoms with Gasteiger partial charge in [-0.05, 0) is 26.0 Å². The smallest absolute Gasteiger partial charge is 0.161 e. The Hall–Kier alpha value is -1.35. The summed E-state index contributed by atoms with van der Waals surface area (Å²) in [5, 5.41) is 0. The quantitative estimate of drug-likeness (QED) is 0.548. The minimum absolute atomic E-state index is 0.0121. The average molecular weight is 211 g/mol. The molecule has 3 heteroatoms. The SMILES string of the molecule is CC.CC(=O)c1ccccc1N.CC[NH3+]. The van der Waals surface area contributed by atoms with Crippen LogP contribution in [0.25, 0.3) is 0 Å². The Bertz CT molecular complexity index is 272. The van der Waals surface area contributed by atoms with E-state index < -0.39 is 0 Å². The number of quaternary nitrogens is 1. The summed E-state index contributed by atoms with van der Waals surface area (Å²) in [6, 6.07) is 7.04. The molecule has 1 rings (SSSR count). The van der Waals surface area contributed by atoms with Gasteiger partial charge in [-0.15, -0.1) is 0 Å². The summed E-state index contributed by atoms with van der Waals surface area (Å²) < 4.78 is 0. The molecule has 0 saturated heterocycles. The van der Waals surface area contributed by atoms with Crippen LogP contribution >= 0.6 is 0 Å². The highest BCUT2D eigenvalue weighted by Crippen LogP contribution is 2.09. The van der Waals surface area contributed by atoms with Crippen molar-refractivity contribution in [3.8, 4) is 0 Å². The number of carbonyl (C=O) groups excluding carboxylic acids is 1. The van der Waals surface area contributed by atoms with Gasteiger partial charge in [-0.25, -0.2) is 0 Å².